The molecule has 1 N–H and O–H groups in total. The van der Waals surface area contributed by atoms with Gasteiger partial charge in [0.05, 0.1) is 6.04 Å². The van der Waals surface area contributed by atoms with E-state index in [1.165, 1.54) is 16.7 Å². The van der Waals surface area contributed by atoms with E-state index in [1.807, 2.05) is 0 Å². The van der Waals surface area contributed by atoms with E-state index in [4.69, 9.17) is 0 Å². The van der Waals surface area contributed by atoms with Gasteiger partial charge in [0.25, 0.3) is 0 Å². The van der Waals surface area contributed by atoms with E-state index in [1.54, 1.807) is 0 Å². The smallest absolute Gasteiger partial charge is 0.223 e. The van der Waals surface area contributed by atoms with E-state index in [-0.39, 0.29) is 17.9 Å². The molecule has 1 aliphatic rings. The Morgan fingerprint density at radius 3 is 2.79 bits per heavy atom. The Kier molecular flexibility index (Phi) is 4.41. The average molecular weight is 257 g/mol. The van der Waals surface area contributed by atoms with E-state index in [0.29, 0.717) is 0 Å². The quantitative estimate of drug-likeness (QED) is 0.819. The van der Waals surface area contributed by atoms with Crippen molar-refractivity contribution in [1.29, 1.82) is 0 Å². The lowest BCUT2D eigenvalue weighted by molar-refractivity contribution is -0.125. The predicted octanol–water partition coefficient (Wildman–Crippen LogP) is 3.84. The van der Waals surface area contributed by atoms with Gasteiger partial charge in [-0.1, -0.05) is 35.9 Å². The van der Waals surface area contributed by atoms with Crippen molar-refractivity contribution in [2.75, 3.05) is 0 Å². The topological polar surface area (TPSA) is 29.1 Å². The van der Waals surface area contributed by atoms with Crippen LogP contribution in [0.4, 0.5) is 0 Å². The highest BCUT2D eigenvalue weighted by atomic mass is 16.1. The van der Waals surface area contributed by atoms with Crippen LogP contribution >= 0.6 is 0 Å². The first-order valence-electron chi connectivity index (χ1n) is 7.10. The van der Waals surface area contributed by atoms with Crippen LogP contribution in [0, 0.1) is 19.8 Å². The highest BCUT2D eigenvalue weighted by Crippen LogP contribution is 2.22. The van der Waals surface area contributed by atoms with Gasteiger partial charge in [-0.25, -0.2) is 0 Å². The Morgan fingerprint density at radius 1 is 1.32 bits per heavy atom. The van der Waals surface area contributed by atoms with Gasteiger partial charge in [0.2, 0.25) is 5.91 Å². The van der Waals surface area contributed by atoms with Gasteiger partial charge in [-0.2, -0.15) is 0 Å². The van der Waals surface area contributed by atoms with Crippen molar-refractivity contribution in [3.63, 3.8) is 0 Å². The van der Waals surface area contributed by atoms with Gasteiger partial charge in [-0.15, -0.1) is 0 Å². The summed E-state index contributed by atoms with van der Waals surface area (Å²) in [7, 11) is 0. The monoisotopic (exact) mass is 257 g/mol. The van der Waals surface area contributed by atoms with E-state index in [2.05, 4.69) is 56.4 Å². The summed E-state index contributed by atoms with van der Waals surface area (Å²) in [6.07, 6.45) is 7.16. The first-order valence-corrected chi connectivity index (χ1v) is 7.10. The van der Waals surface area contributed by atoms with Crippen LogP contribution in [0.15, 0.2) is 30.4 Å². The molecular weight excluding hydrogens is 234 g/mol. The zero-order chi connectivity index (χ0) is 13.8. The fraction of sp³-hybridized carbons (Fsp3) is 0.471. The van der Waals surface area contributed by atoms with Crippen molar-refractivity contribution < 1.29 is 4.79 Å². The van der Waals surface area contributed by atoms with Gasteiger partial charge in [0.1, 0.15) is 0 Å². The molecule has 0 radical (unpaired) electrons. The minimum Gasteiger partial charge on any atom is -0.349 e. The van der Waals surface area contributed by atoms with Crippen molar-refractivity contribution in [3.05, 3.63) is 47.0 Å². The molecule has 2 unspecified atom stereocenters. The zero-order valence-corrected chi connectivity index (χ0v) is 12.1. The third-order valence-corrected chi connectivity index (χ3v) is 3.90. The normalized spacial score (nSPS) is 20.1. The summed E-state index contributed by atoms with van der Waals surface area (Å²) in [5, 5.41) is 3.16. The van der Waals surface area contributed by atoms with Crippen LogP contribution in [0.3, 0.4) is 0 Å². The molecule has 1 aromatic carbocycles. The number of carbonyl (C=O) groups is 1. The number of carbonyl (C=O) groups excluding carboxylic acids is 1. The highest BCUT2D eigenvalue weighted by molar-refractivity contribution is 5.79. The molecule has 0 aromatic heterocycles. The van der Waals surface area contributed by atoms with Crippen LogP contribution in [0.1, 0.15) is 48.9 Å². The second-order valence-corrected chi connectivity index (χ2v) is 5.57. The molecule has 2 rings (SSSR count). The standard InChI is InChI=1S/C17H23NO/c1-12-9-10-13(2)16(11-12)14(3)18-17(19)15-7-5-4-6-8-15/h4-5,9-11,14-15H,6-8H2,1-3H3,(H,18,19). The summed E-state index contributed by atoms with van der Waals surface area (Å²) >= 11 is 0. The maximum atomic E-state index is 12.2. The van der Waals surface area contributed by atoms with E-state index < -0.39 is 0 Å². The molecule has 1 aromatic rings. The van der Waals surface area contributed by atoms with Crippen molar-refractivity contribution in [2.24, 2.45) is 5.92 Å². The third kappa shape index (κ3) is 3.46. The number of hydrogen-bond donors (Lipinski definition) is 1. The number of amides is 1. The summed E-state index contributed by atoms with van der Waals surface area (Å²) < 4.78 is 0. The van der Waals surface area contributed by atoms with Crippen molar-refractivity contribution >= 4 is 5.91 Å². The molecule has 0 bridgehead atoms. The number of hydrogen-bond acceptors (Lipinski definition) is 1. The van der Waals surface area contributed by atoms with Crippen LogP contribution in [0.25, 0.3) is 0 Å². The summed E-state index contributed by atoms with van der Waals surface area (Å²) in [5.74, 6) is 0.343. The minimum atomic E-state index is 0.0818. The van der Waals surface area contributed by atoms with E-state index in [9.17, 15) is 4.79 Å². The molecule has 19 heavy (non-hydrogen) atoms. The first kappa shape index (κ1) is 13.9. The Morgan fingerprint density at radius 2 is 2.11 bits per heavy atom. The SMILES string of the molecule is Cc1ccc(C)c(C(C)NC(=O)C2CC=CCC2)c1. The summed E-state index contributed by atoms with van der Waals surface area (Å²) in [4.78, 5) is 12.2. The number of nitrogens with one attached hydrogen (secondary N) is 1. The maximum Gasteiger partial charge on any atom is 0.223 e. The summed E-state index contributed by atoms with van der Waals surface area (Å²) in [6, 6.07) is 6.48. The van der Waals surface area contributed by atoms with Crippen molar-refractivity contribution in [2.45, 2.75) is 46.1 Å². The molecule has 102 valence electrons. The van der Waals surface area contributed by atoms with Gasteiger partial charge < -0.3 is 5.32 Å². The third-order valence-electron chi connectivity index (χ3n) is 3.90. The predicted molar refractivity (Wildman–Crippen MR) is 79.0 cm³/mol. The number of allylic oxidation sites excluding steroid dienone is 2. The van der Waals surface area contributed by atoms with E-state index in [0.717, 1.165) is 19.3 Å². The zero-order valence-electron chi connectivity index (χ0n) is 12.1. The Labute approximate surface area is 115 Å². The maximum absolute atomic E-state index is 12.2. The highest BCUT2D eigenvalue weighted by Gasteiger charge is 2.21. The van der Waals surface area contributed by atoms with Crippen LogP contribution in [0.2, 0.25) is 0 Å². The van der Waals surface area contributed by atoms with Gasteiger partial charge in [0, 0.05) is 5.92 Å². The fourth-order valence-corrected chi connectivity index (χ4v) is 2.67. The van der Waals surface area contributed by atoms with Crippen LogP contribution in [-0.4, -0.2) is 5.91 Å². The van der Waals surface area contributed by atoms with Crippen LogP contribution < -0.4 is 5.32 Å². The second-order valence-electron chi connectivity index (χ2n) is 5.57. The lowest BCUT2D eigenvalue weighted by atomic mass is 9.92. The van der Waals surface area contributed by atoms with Gasteiger partial charge in [-0.05, 0) is 51.2 Å². The number of aryl methyl sites for hydroxylation is 2. The first-order chi connectivity index (χ1) is 9.08. The molecule has 0 saturated heterocycles. The Hall–Kier alpha value is -1.57. The number of benzene rings is 1. The molecule has 0 fully saturated rings. The molecule has 0 saturated carbocycles. The lowest BCUT2D eigenvalue weighted by Gasteiger charge is -2.22. The van der Waals surface area contributed by atoms with Gasteiger partial charge >= 0.3 is 0 Å². The largest absolute Gasteiger partial charge is 0.349 e. The molecule has 1 amide bonds. The fourth-order valence-electron chi connectivity index (χ4n) is 2.67. The van der Waals surface area contributed by atoms with Crippen LogP contribution in [0.5, 0.6) is 0 Å². The molecule has 2 nitrogen and oxygen atoms in total. The van der Waals surface area contributed by atoms with Gasteiger partial charge in [-0.3, -0.25) is 4.79 Å². The molecule has 0 spiro atoms. The summed E-state index contributed by atoms with van der Waals surface area (Å²) in [6.45, 7) is 6.25. The second kappa shape index (κ2) is 6.05. The van der Waals surface area contributed by atoms with Crippen molar-refractivity contribution in [1.82, 2.24) is 5.32 Å². The van der Waals surface area contributed by atoms with Gasteiger partial charge in [0.15, 0.2) is 0 Å². The van der Waals surface area contributed by atoms with Crippen molar-refractivity contribution in [3.8, 4) is 0 Å². The minimum absolute atomic E-state index is 0.0818. The van der Waals surface area contributed by atoms with Crippen LogP contribution in [-0.2, 0) is 4.79 Å². The van der Waals surface area contributed by atoms with E-state index >= 15 is 0 Å². The Balaban J connectivity index is 2.03. The average Bonchev–Trinajstić information content (AvgIpc) is 2.42. The summed E-state index contributed by atoms with van der Waals surface area (Å²) in [5.41, 5.74) is 3.70. The molecule has 1 aliphatic carbocycles. The Bertz CT molecular complexity index is 490. The molecular formula is C17H23NO. The molecule has 0 heterocycles. The number of rotatable bonds is 3. The molecule has 2 heteroatoms. The molecule has 0 aliphatic heterocycles. The molecule has 2 atom stereocenters. The lowest BCUT2D eigenvalue weighted by Crippen LogP contribution is -2.33.